The average molecular weight is 273 g/mol. The summed E-state index contributed by atoms with van der Waals surface area (Å²) >= 11 is 0. The largest absolute Gasteiger partial charge is 0.313 e. The summed E-state index contributed by atoms with van der Waals surface area (Å²) in [5, 5.41) is 3.44. The third-order valence-corrected chi connectivity index (χ3v) is 5.66. The van der Waals surface area contributed by atoms with Gasteiger partial charge >= 0.3 is 0 Å². The molecule has 18 heavy (non-hydrogen) atoms. The summed E-state index contributed by atoms with van der Waals surface area (Å²) in [4.78, 5) is 0. The van der Waals surface area contributed by atoms with Crippen molar-refractivity contribution in [2.24, 2.45) is 0 Å². The molecule has 3 aliphatic rings. The van der Waals surface area contributed by atoms with E-state index in [9.17, 15) is 8.42 Å². The first-order valence-electron chi connectivity index (χ1n) is 7.17. The van der Waals surface area contributed by atoms with Crippen molar-refractivity contribution in [1.82, 2.24) is 14.3 Å². The Morgan fingerprint density at radius 1 is 1.11 bits per heavy atom. The van der Waals surface area contributed by atoms with Gasteiger partial charge in [-0.3, -0.25) is 0 Å². The highest BCUT2D eigenvalue weighted by Gasteiger charge is 2.40. The van der Waals surface area contributed by atoms with Crippen LogP contribution in [0.3, 0.4) is 0 Å². The second-order valence-corrected chi connectivity index (χ2v) is 7.50. The topological polar surface area (TPSA) is 61.4 Å². The molecule has 0 bridgehead atoms. The highest BCUT2D eigenvalue weighted by molar-refractivity contribution is 7.87. The predicted molar refractivity (Wildman–Crippen MR) is 70.4 cm³/mol. The van der Waals surface area contributed by atoms with E-state index in [1.165, 1.54) is 12.8 Å². The standard InChI is InChI=1S/C12H23N3O2S/c16-18(17,14-10-4-5-10)15(12-6-7-12)9-11-3-1-2-8-13-11/h10-14H,1-9H2. The van der Waals surface area contributed by atoms with Crippen molar-refractivity contribution in [2.45, 2.75) is 63.1 Å². The van der Waals surface area contributed by atoms with Gasteiger partial charge in [-0.2, -0.15) is 17.4 Å². The van der Waals surface area contributed by atoms with Gasteiger partial charge in [0.1, 0.15) is 0 Å². The molecular weight excluding hydrogens is 250 g/mol. The van der Waals surface area contributed by atoms with E-state index < -0.39 is 10.2 Å². The number of hydrogen-bond donors (Lipinski definition) is 2. The van der Waals surface area contributed by atoms with E-state index >= 15 is 0 Å². The fourth-order valence-corrected chi connectivity index (χ4v) is 4.35. The first-order valence-corrected chi connectivity index (χ1v) is 8.61. The number of piperidine rings is 1. The van der Waals surface area contributed by atoms with Gasteiger partial charge in [0.05, 0.1) is 0 Å². The van der Waals surface area contributed by atoms with E-state index in [1.807, 2.05) is 0 Å². The quantitative estimate of drug-likeness (QED) is 0.744. The van der Waals surface area contributed by atoms with Gasteiger partial charge in [0.15, 0.2) is 0 Å². The van der Waals surface area contributed by atoms with Crippen LogP contribution in [0.25, 0.3) is 0 Å². The van der Waals surface area contributed by atoms with Crippen LogP contribution in [-0.2, 0) is 10.2 Å². The molecule has 0 aromatic heterocycles. The van der Waals surface area contributed by atoms with Gasteiger partial charge in [-0.1, -0.05) is 6.42 Å². The van der Waals surface area contributed by atoms with Crippen molar-refractivity contribution in [3.63, 3.8) is 0 Å². The molecular formula is C12H23N3O2S. The van der Waals surface area contributed by atoms with Crippen LogP contribution in [0.4, 0.5) is 0 Å². The van der Waals surface area contributed by atoms with Crippen molar-refractivity contribution >= 4 is 10.2 Å². The van der Waals surface area contributed by atoms with Crippen LogP contribution in [0.5, 0.6) is 0 Å². The lowest BCUT2D eigenvalue weighted by Crippen LogP contribution is -2.50. The molecule has 2 aliphatic carbocycles. The first-order chi connectivity index (χ1) is 8.65. The van der Waals surface area contributed by atoms with Crippen molar-refractivity contribution in [1.29, 1.82) is 0 Å². The molecule has 1 atom stereocenters. The zero-order chi connectivity index (χ0) is 12.6. The van der Waals surface area contributed by atoms with Crippen LogP contribution < -0.4 is 10.0 Å². The molecule has 0 spiro atoms. The van der Waals surface area contributed by atoms with E-state index in [1.54, 1.807) is 4.31 Å². The second kappa shape index (κ2) is 5.07. The molecule has 2 N–H and O–H groups in total. The summed E-state index contributed by atoms with van der Waals surface area (Å²) in [6, 6.07) is 0.802. The minimum absolute atomic E-state index is 0.204. The minimum Gasteiger partial charge on any atom is -0.313 e. The molecule has 3 fully saturated rings. The van der Waals surface area contributed by atoms with E-state index in [-0.39, 0.29) is 12.1 Å². The molecule has 1 saturated heterocycles. The summed E-state index contributed by atoms with van der Waals surface area (Å²) in [5.74, 6) is 0. The van der Waals surface area contributed by atoms with Crippen LogP contribution in [0.1, 0.15) is 44.9 Å². The fraction of sp³-hybridized carbons (Fsp3) is 1.00. The van der Waals surface area contributed by atoms with Gasteiger partial charge in [-0.15, -0.1) is 0 Å². The molecule has 0 radical (unpaired) electrons. The first kappa shape index (κ1) is 12.8. The van der Waals surface area contributed by atoms with Gasteiger partial charge in [-0.25, -0.2) is 0 Å². The average Bonchev–Trinajstić information content (AvgIpc) is 3.21. The van der Waals surface area contributed by atoms with E-state index in [2.05, 4.69) is 10.0 Å². The number of hydrogen-bond acceptors (Lipinski definition) is 3. The Morgan fingerprint density at radius 3 is 2.44 bits per heavy atom. The lowest BCUT2D eigenvalue weighted by atomic mass is 10.1. The Labute approximate surface area is 109 Å². The Hall–Kier alpha value is -0.170. The number of rotatable bonds is 6. The molecule has 3 rings (SSSR count). The molecule has 6 heteroatoms. The second-order valence-electron chi connectivity index (χ2n) is 5.84. The third kappa shape index (κ3) is 3.23. The summed E-state index contributed by atoms with van der Waals surface area (Å²) < 4.78 is 29.2. The summed E-state index contributed by atoms with van der Waals surface area (Å²) in [6.45, 7) is 1.67. The smallest absolute Gasteiger partial charge is 0.280 e. The van der Waals surface area contributed by atoms with Gasteiger partial charge in [0.25, 0.3) is 10.2 Å². The third-order valence-electron chi connectivity index (χ3n) is 3.97. The Bertz CT molecular complexity index is 384. The molecule has 2 saturated carbocycles. The van der Waals surface area contributed by atoms with Gasteiger partial charge in [-0.05, 0) is 45.1 Å². The molecule has 0 amide bonds. The lowest BCUT2D eigenvalue weighted by Gasteiger charge is -2.30. The molecule has 1 unspecified atom stereocenters. The number of nitrogens with one attached hydrogen (secondary N) is 2. The molecule has 0 aromatic carbocycles. The van der Waals surface area contributed by atoms with E-state index in [4.69, 9.17) is 0 Å². The summed E-state index contributed by atoms with van der Waals surface area (Å²) in [7, 11) is -3.25. The van der Waals surface area contributed by atoms with Crippen LogP contribution >= 0.6 is 0 Å². The van der Waals surface area contributed by atoms with Crippen LogP contribution in [0, 0.1) is 0 Å². The Balaban J connectivity index is 1.63. The summed E-state index contributed by atoms with van der Waals surface area (Å²) in [5.41, 5.74) is 0. The SMILES string of the molecule is O=S(=O)(NC1CC1)N(CC1CCCCN1)C1CC1. The van der Waals surface area contributed by atoms with Gasteiger partial charge in [0.2, 0.25) is 0 Å². The number of nitrogens with zero attached hydrogens (tertiary/aromatic N) is 1. The van der Waals surface area contributed by atoms with Crippen LogP contribution in [0.15, 0.2) is 0 Å². The maximum absolute atomic E-state index is 12.3. The van der Waals surface area contributed by atoms with Crippen LogP contribution in [0.2, 0.25) is 0 Å². The zero-order valence-electron chi connectivity index (χ0n) is 10.8. The van der Waals surface area contributed by atoms with Crippen LogP contribution in [-0.4, -0.2) is 43.9 Å². The highest BCUT2D eigenvalue weighted by atomic mass is 32.2. The van der Waals surface area contributed by atoms with Crippen molar-refractivity contribution < 1.29 is 8.42 Å². The zero-order valence-corrected chi connectivity index (χ0v) is 11.6. The molecule has 104 valence electrons. The maximum Gasteiger partial charge on any atom is 0.280 e. The van der Waals surface area contributed by atoms with E-state index in [0.29, 0.717) is 12.6 Å². The van der Waals surface area contributed by atoms with Crippen molar-refractivity contribution in [2.75, 3.05) is 13.1 Å². The lowest BCUT2D eigenvalue weighted by molar-refractivity contribution is 0.304. The monoisotopic (exact) mass is 273 g/mol. The van der Waals surface area contributed by atoms with E-state index in [0.717, 1.165) is 38.6 Å². The predicted octanol–water partition coefficient (Wildman–Crippen LogP) is 0.590. The molecule has 5 nitrogen and oxygen atoms in total. The molecule has 1 aliphatic heterocycles. The Morgan fingerprint density at radius 2 is 1.89 bits per heavy atom. The molecule has 0 aromatic rings. The highest BCUT2D eigenvalue weighted by Crippen LogP contribution is 2.31. The van der Waals surface area contributed by atoms with Gasteiger partial charge in [0, 0.05) is 24.7 Å². The Kier molecular flexibility index (Phi) is 3.62. The van der Waals surface area contributed by atoms with Crippen molar-refractivity contribution in [3.05, 3.63) is 0 Å². The molecule has 1 heterocycles. The maximum atomic E-state index is 12.3. The van der Waals surface area contributed by atoms with Gasteiger partial charge < -0.3 is 5.32 Å². The normalized spacial score (nSPS) is 29.7. The fourth-order valence-electron chi connectivity index (χ4n) is 2.58. The van der Waals surface area contributed by atoms with Crippen molar-refractivity contribution in [3.8, 4) is 0 Å². The minimum atomic E-state index is -3.25. The summed E-state index contributed by atoms with van der Waals surface area (Å²) in [6.07, 6.45) is 7.58.